The minimum Gasteiger partial charge on any atom is -0.466 e. The van der Waals surface area contributed by atoms with E-state index in [1.807, 2.05) is 6.79 Å². The molecular formula is C17H22O9Ru. The van der Waals surface area contributed by atoms with E-state index < -0.39 is 23.9 Å². The number of ether oxygens (including phenoxy) is 4. The molecule has 0 saturated carbocycles. The van der Waals surface area contributed by atoms with Gasteiger partial charge in [0.05, 0.1) is 28.4 Å². The fraction of sp³-hybridized carbons (Fsp3) is 0.235. The Labute approximate surface area is 170 Å². The molecule has 0 aromatic carbocycles. The van der Waals surface area contributed by atoms with Crippen LogP contribution in [0.2, 0.25) is 0 Å². The minimum absolute atomic E-state index is 0. The summed E-state index contributed by atoms with van der Waals surface area (Å²) in [6, 6.07) is 0. The fourth-order valence-corrected chi connectivity index (χ4v) is 0.809. The van der Waals surface area contributed by atoms with Crippen LogP contribution in [-0.4, -0.2) is 59.1 Å². The summed E-state index contributed by atoms with van der Waals surface area (Å²) in [4.78, 5) is 49.9. The molecule has 0 aliphatic carbocycles. The SMILES string of the molecule is C=O.COC(=O)C=CC=CC(=O)OC.COC(=O)C=CC=CC(=O)OC.[Ru]. The van der Waals surface area contributed by atoms with Crippen LogP contribution in [0.5, 0.6) is 0 Å². The van der Waals surface area contributed by atoms with Crippen LogP contribution in [-0.2, 0) is 62.4 Å². The fourth-order valence-electron chi connectivity index (χ4n) is 0.809. The van der Waals surface area contributed by atoms with E-state index >= 15 is 0 Å². The summed E-state index contributed by atoms with van der Waals surface area (Å²) in [6.07, 6.45) is 10.3. The maximum Gasteiger partial charge on any atom is 0.330 e. The van der Waals surface area contributed by atoms with Gasteiger partial charge in [0.1, 0.15) is 6.79 Å². The molecule has 10 heteroatoms. The van der Waals surface area contributed by atoms with E-state index in [0.717, 1.165) is 0 Å². The number of carbonyl (C=O) groups excluding carboxylic acids is 5. The second-order valence-electron chi connectivity index (χ2n) is 3.53. The van der Waals surface area contributed by atoms with Gasteiger partial charge in [-0.3, -0.25) is 0 Å². The van der Waals surface area contributed by atoms with Crippen LogP contribution >= 0.6 is 0 Å². The summed E-state index contributed by atoms with van der Waals surface area (Å²) in [5.74, 6) is -1.87. The van der Waals surface area contributed by atoms with Crippen molar-refractivity contribution in [2.75, 3.05) is 28.4 Å². The number of hydrogen-bond acceptors (Lipinski definition) is 9. The van der Waals surface area contributed by atoms with Crippen molar-refractivity contribution in [3.8, 4) is 0 Å². The van der Waals surface area contributed by atoms with E-state index in [1.54, 1.807) is 0 Å². The molecule has 0 spiro atoms. The second kappa shape index (κ2) is 25.4. The number of rotatable bonds is 6. The number of esters is 4. The third-order valence-electron chi connectivity index (χ3n) is 1.96. The number of hydrogen-bond donors (Lipinski definition) is 0. The normalized spacial score (nSPS) is 9.48. The predicted octanol–water partition coefficient (Wildman–Crippen LogP) is 0.702. The molecular weight excluding hydrogens is 449 g/mol. The quantitative estimate of drug-likeness (QED) is 0.181. The van der Waals surface area contributed by atoms with Crippen molar-refractivity contribution in [3.05, 3.63) is 48.6 Å². The molecule has 0 heterocycles. The standard InChI is InChI=1S/2C8H10O4.CH2O.Ru/c2*1-11-7(9)5-3-4-6-8(10)12-2;1-2;/h2*3-6H,1-2H3;1H2;. The van der Waals surface area contributed by atoms with Gasteiger partial charge in [-0.15, -0.1) is 0 Å². The molecule has 0 aromatic rings. The van der Waals surface area contributed by atoms with Gasteiger partial charge >= 0.3 is 23.9 Å². The van der Waals surface area contributed by atoms with Gasteiger partial charge < -0.3 is 23.7 Å². The largest absolute Gasteiger partial charge is 0.466 e. The van der Waals surface area contributed by atoms with E-state index in [4.69, 9.17) is 4.79 Å². The molecule has 0 unspecified atom stereocenters. The molecule has 9 nitrogen and oxygen atoms in total. The number of methoxy groups -OCH3 is 4. The van der Waals surface area contributed by atoms with Crippen molar-refractivity contribution in [1.82, 2.24) is 0 Å². The molecule has 0 atom stereocenters. The van der Waals surface area contributed by atoms with Crippen molar-refractivity contribution in [2.45, 2.75) is 0 Å². The van der Waals surface area contributed by atoms with Gasteiger partial charge in [0.15, 0.2) is 0 Å². The van der Waals surface area contributed by atoms with Crippen molar-refractivity contribution in [3.63, 3.8) is 0 Å². The zero-order chi connectivity index (χ0) is 20.8. The first kappa shape index (κ1) is 31.9. The average Bonchev–Trinajstić information content (AvgIpc) is 2.69. The van der Waals surface area contributed by atoms with E-state index in [2.05, 4.69) is 18.9 Å². The van der Waals surface area contributed by atoms with Crippen LogP contribution in [0.25, 0.3) is 0 Å². The zero-order valence-electron chi connectivity index (χ0n) is 15.4. The molecule has 0 rings (SSSR count). The Balaban J connectivity index is -0.000000173. The van der Waals surface area contributed by atoms with Gasteiger partial charge in [0, 0.05) is 43.8 Å². The van der Waals surface area contributed by atoms with Crippen LogP contribution < -0.4 is 0 Å². The van der Waals surface area contributed by atoms with E-state index in [1.165, 1.54) is 77.0 Å². The molecule has 0 N–H and O–H groups in total. The minimum atomic E-state index is -0.468. The summed E-state index contributed by atoms with van der Waals surface area (Å²) >= 11 is 0. The Bertz CT molecular complexity index is 453. The smallest absolute Gasteiger partial charge is 0.330 e. The molecule has 0 aliphatic rings. The Hall–Kier alpha value is -2.87. The van der Waals surface area contributed by atoms with E-state index in [9.17, 15) is 19.2 Å². The van der Waals surface area contributed by atoms with Gasteiger partial charge in [0.25, 0.3) is 0 Å². The summed E-state index contributed by atoms with van der Waals surface area (Å²) in [6.45, 7) is 2.00. The molecule has 0 saturated heterocycles. The molecule has 0 aliphatic heterocycles. The van der Waals surface area contributed by atoms with Gasteiger partial charge in [-0.05, 0) is 0 Å². The maximum atomic E-state index is 10.5. The monoisotopic (exact) mass is 472 g/mol. The second-order valence-corrected chi connectivity index (χ2v) is 3.53. The summed E-state index contributed by atoms with van der Waals surface area (Å²) in [5, 5.41) is 0. The predicted molar refractivity (Wildman–Crippen MR) is 91.7 cm³/mol. The topological polar surface area (TPSA) is 122 Å². The Morgan fingerprint density at radius 2 is 0.667 bits per heavy atom. The summed E-state index contributed by atoms with van der Waals surface area (Å²) < 4.78 is 17.2. The third kappa shape index (κ3) is 28.2. The van der Waals surface area contributed by atoms with Crippen molar-refractivity contribution < 1.29 is 62.4 Å². The number of carbonyl (C=O) groups is 5. The van der Waals surface area contributed by atoms with E-state index in [0.29, 0.717) is 0 Å². The first-order valence-electron chi connectivity index (χ1n) is 6.71. The van der Waals surface area contributed by atoms with Crippen molar-refractivity contribution >= 4 is 30.7 Å². The van der Waals surface area contributed by atoms with Crippen molar-refractivity contribution in [1.29, 1.82) is 0 Å². The Kier molecular flexibility index (Phi) is 29.9. The first-order valence-corrected chi connectivity index (χ1v) is 6.71. The first-order chi connectivity index (χ1) is 12.4. The van der Waals surface area contributed by atoms with Crippen LogP contribution in [0.15, 0.2) is 48.6 Å². The van der Waals surface area contributed by atoms with Crippen LogP contribution in [0.4, 0.5) is 0 Å². The summed E-state index contributed by atoms with van der Waals surface area (Å²) in [5.41, 5.74) is 0. The zero-order valence-corrected chi connectivity index (χ0v) is 17.1. The van der Waals surface area contributed by atoms with Crippen LogP contribution in [0.1, 0.15) is 0 Å². The van der Waals surface area contributed by atoms with E-state index in [-0.39, 0.29) is 19.5 Å². The van der Waals surface area contributed by atoms with Crippen LogP contribution in [0.3, 0.4) is 0 Å². The van der Waals surface area contributed by atoms with Gasteiger partial charge in [0.2, 0.25) is 0 Å². The van der Waals surface area contributed by atoms with Gasteiger partial charge in [-0.2, -0.15) is 0 Å². The maximum absolute atomic E-state index is 10.5. The molecule has 152 valence electrons. The molecule has 0 fully saturated rings. The Morgan fingerprint density at radius 3 is 0.778 bits per heavy atom. The molecule has 0 radical (unpaired) electrons. The van der Waals surface area contributed by atoms with Crippen molar-refractivity contribution in [2.24, 2.45) is 0 Å². The third-order valence-corrected chi connectivity index (χ3v) is 1.96. The number of allylic oxidation sites excluding steroid dienone is 4. The summed E-state index contributed by atoms with van der Waals surface area (Å²) in [7, 11) is 5.10. The van der Waals surface area contributed by atoms with Gasteiger partial charge in [-0.25, -0.2) is 19.2 Å². The van der Waals surface area contributed by atoms with Crippen LogP contribution in [0, 0.1) is 0 Å². The molecule has 0 amide bonds. The van der Waals surface area contributed by atoms with Gasteiger partial charge in [-0.1, -0.05) is 24.3 Å². The molecule has 0 bridgehead atoms. The molecule has 0 aromatic heterocycles. The Morgan fingerprint density at radius 1 is 0.519 bits per heavy atom. The molecule has 27 heavy (non-hydrogen) atoms. The average molecular weight is 471 g/mol.